The SMILES string of the molecule is COC1(Cc2nc3nc(Cl)c(Cl)cc3[nH]2)CCC1. The molecule has 0 atom stereocenters. The molecule has 18 heavy (non-hydrogen) atoms. The first-order chi connectivity index (χ1) is 8.62. The van der Waals surface area contributed by atoms with Crippen LogP contribution in [0, 0.1) is 0 Å². The molecule has 0 aromatic carbocycles. The number of ether oxygens (including phenoxy) is 1. The molecule has 1 saturated carbocycles. The fourth-order valence-electron chi connectivity index (χ4n) is 2.36. The maximum absolute atomic E-state index is 5.93. The van der Waals surface area contributed by atoms with Gasteiger partial charge >= 0.3 is 0 Å². The molecule has 1 N–H and O–H groups in total. The van der Waals surface area contributed by atoms with Crippen LogP contribution in [0.3, 0.4) is 0 Å². The van der Waals surface area contributed by atoms with E-state index < -0.39 is 0 Å². The third kappa shape index (κ3) is 1.98. The van der Waals surface area contributed by atoms with Crippen LogP contribution in [0.1, 0.15) is 25.1 Å². The summed E-state index contributed by atoms with van der Waals surface area (Å²) in [4.78, 5) is 11.8. The van der Waals surface area contributed by atoms with Crippen molar-refractivity contribution in [2.24, 2.45) is 0 Å². The van der Waals surface area contributed by atoms with Crippen molar-refractivity contribution in [3.05, 3.63) is 22.1 Å². The number of fused-ring (bicyclic) bond motifs is 1. The molecule has 0 aliphatic heterocycles. The summed E-state index contributed by atoms with van der Waals surface area (Å²) >= 11 is 11.8. The Bertz CT molecular complexity index is 548. The summed E-state index contributed by atoms with van der Waals surface area (Å²) in [6.07, 6.45) is 4.14. The van der Waals surface area contributed by atoms with Crippen molar-refractivity contribution in [2.45, 2.75) is 31.3 Å². The van der Waals surface area contributed by atoms with Crippen molar-refractivity contribution in [3.63, 3.8) is 0 Å². The Morgan fingerprint density at radius 2 is 2.17 bits per heavy atom. The maximum Gasteiger partial charge on any atom is 0.179 e. The molecule has 2 aromatic heterocycles. The molecule has 1 fully saturated rings. The Balaban J connectivity index is 1.93. The summed E-state index contributed by atoms with van der Waals surface area (Å²) in [5.41, 5.74) is 1.36. The van der Waals surface area contributed by atoms with Gasteiger partial charge in [0.25, 0.3) is 0 Å². The molecule has 0 amide bonds. The summed E-state index contributed by atoms with van der Waals surface area (Å²) in [5.74, 6) is 0.873. The van der Waals surface area contributed by atoms with Gasteiger partial charge in [0.2, 0.25) is 0 Å². The van der Waals surface area contributed by atoms with Crippen LogP contribution in [-0.4, -0.2) is 27.7 Å². The van der Waals surface area contributed by atoms with E-state index in [2.05, 4.69) is 15.0 Å². The van der Waals surface area contributed by atoms with Crippen molar-refractivity contribution >= 4 is 34.4 Å². The average Bonchev–Trinajstić information content (AvgIpc) is 2.66. The van der Waals surface area contributed by atoms with Gasteiger partial charge in [0.1, 0.15) is 11.0 Å². The lowest BCUT2D eigenvalue weighted by molar-refractivity contribution is -0.0719. The first-order valence-electron chi connectivity index (χ1n) is 5.88. The van der Waals surface area contributed by atoms with Crippen molar-refractivity contribution in [2.75, 3.05) is 7.11 Å². The topological polar surface area (TPSA) is 50.8 Å². The summed E-state index contributed by atoms with van der Waals surface area (Å²) < 4.78 is 5.59. The van der Waals surface area contributed by atoms with Crippen LogP contribution in [0.25, 0.3) is 11.2 Å². The number of halogens is 2. The number of nitrogens with zero attached hydrogens (tertiary/aromatic N) is 2. The van der Waals surface area contributed by atoms with Crippen molar-refractivity contribution in [1.82, 2.24) is 15.0 Å². The zero-order chi connectivity index (χ0) is 12.8. The number of nitrogens with one attached hydrogen (secondary N) is 1. The molecule has 0 radical (unpaired) electrons. The van der Waals surface area contributed by atoms with Crippen LogP contribution in [0.4, 0.5) is 0 Å². The summed E-state index contributed by atoms with van der Waals surface area (Å²) in [7, 11) is 1.76. The third-order valence-electron chi connectivity index (χ3n) is 3.62. The van der Waals surface area contributed by atoms with E-state index in [1.807, 2.05) is 0 Å². The van der Waals surface area contributed by atoms with Crippen LogP contribution in [0.15, 0.2) is 6.07 Å². The zero-order valence-corrected chi connectivity index (χ0v) is 11.5. The molecular weight excluding hydrogens is 273 g/mol. The molecule has 3 rings (SSSR count). The molecule has 2 aromatic rings. The number of rotatable bonds is 3. The molecule has 0 bridgehead atoms. The minimum absolute atomic E-state index is 0.0541. The average molecular weight is 286 g/mol. The molecule has 4 nitrogen and oxygen atoms in total. The lowest BCUT2D eigenvalue weighted by atomic mass is 9.77. The molecule has 96 valence electrons. The number of aromatic nitrogens is 3. The minimum atomic E-state index is -0.0541. The lowest BCUT2D eigenvalue weighted by Gasteiger charge is -2.39. The van der Waals surface area contributed by atoms with Crippen LogP contribution in [0.5, 0.6) is 0 Å². The van der Waals surface area contributed by atoms with E-state index in [1.165, 1.54) is 6.42 Å². The van der Waals surface area contributed by atoms with E-state index in [1.54, 1.807) is 13.2 Å². The Morgan fingerprint density at radius 3 is 2.78 bits per heavy atom. The number of H-pyrrole nitrogens is 1. The van der Waals surface area contributed by atoms with Gasteiger partial charge in [-0.05, 0) is 25.3 Å². The van der Waals surface area contributed by atoms with Crippen LogP contribution in [0.2, 0.25) is 10.2 Å². The first kappa shape index (κ1) is 12.2. The van der Waals surface area contributed by atoms with Gasteiger partial charge in [-0.2, -0.15) is 0 Å². The van der Waals surface area contributed by atoms with Crippen LogP contribution >= 0.6 is 23.2 Å². The number of hydrogen-bond donors (Lipinski definition) is 1. The normalized spacial score (nSPS) is 17.9. The number of imidazole rings is 1. The number of pyridine rings is 1. The molecule has 2 heterocycles. The molecule has 0 unspecified atom stereocenters. The molecule has 1 aliphatic carbocycles. The Kier molecular flexibility index (Phi) is 2.96. The van der Waals surface area contributed by atoms with E-state index >= 15 is 0 Å². The number of aromatic amines is 1. The molecule has 0 spiro atoms. The van der Waals surface area contributed by atoms with Gasteiger partial charge in [-0.15, -0.1) is 0 Å². The predicted molar refractivity (Wildman–Crippen MR) is 71.2 cm³/mol. The van der Waals surface area contributed by atoms with E-state index in [0.29, 0.717) is 10.7 Å². The van der Waals surface area contributed by atoms with E-state index in [4.69, 9.17) is 27.9 Å². The van der Waals surface area contributed by atoms with Gasteiger partial charge in [-0.25, -0.2) is 9.97 Å². The first-order valence-corrected chi connectivity index (χ1v) is 6.63. The second-order valence-corrected chi connectivity index (χ2v) is 5.50. The smallest absolute Gasteiger partial charge is 0.179 e. The minimum Gasteiger partial charge on any atom is -0.378 e. The predicted octanol–water partition coefficient (Wildman–Crippen LogP) is 3.38. The van der Waals surface area contributed by atoms with Crippen molar-refractivity contribution in [3.8, 4) is 0 Å². The monoisotopic (exact) mass is 285 g/mol. The quantitative estimate of drug-likeness (QED) is 0.880. The third-order valence-corrected chi connectivity index (χ3v) is 4.29. The van der Waals surface area contributed by atoms with Gasteiger partial charge in [-0.1, -0.05) is 23.2 Å². The fourth-order valence-corrected chi connectivity index (χ4v) is 2.64. The lowest BCUT2D eigenvalue weighted by Crippen LogP contribution is -2.41. The highest BCUT2D eigenvalue weighted by molar-refractivity contribution is 6.41. The molecule has 0 saturated heterocycles. The van der Waals surface area contributed by atoms with Gasteiger partial charge in [0, 0.05) is 13.5 Å². The van der Waals surface area contributed by atoms with Crippen molar-refractivity contribution in [1.29, 1.82) is 0 Å². The largest absolute Gasteiger partial charge is 0.378 e. The Labute approximate surface area is 115 Å². The Hall–Kier alpha value is -0.840. The van der Waals surface area contributed by atoms with E-state index in [0.717, 1.165) is 30.6 Å². The van der Waals surface area contributed by atoms with Gasteiger partial charge in [-0.3, -0.25) is 0 Å². The second kappa shape index (κ2) is 4.37. The van der Waals surface area contributed by atoms with Gasteiger partial charge in [0.15, 0.2) is 5.65 Å². The van der Waals surface area contributed by atoms with Crippen molar-refractivity contribution < 1.29 is 4.74 Å². The highest BCUT2D eigenvalue weighted by atomic mass is 35.5. The highest BCUT2D eigenvalue weighted by Gasteiger charge is 2.38. The van der Waals surface area contributed by atoms with Crippen LogP contribution in [-0.2, 0) is 11.2 Å². The zero-order valence-electron chi connectivity index (χ0n) is 9.96. The molecule has 1 aliphatic rings. The number of hydrogen-bond acceptors (Lipinski definition) is 3. The highest BCUT2D eigenvalue weighted by Crippen LogP contribution is 2.37. The van der Waals surface area contributed by atoms with Gasteiger partial charge in [0.05, 0.1) is 16.1 Å². The molecular formula is C12H13Cl2N3O. The van der Waals surface area contributed by atoms with Crippen LogP contribution < -0.4 is 0 Å². The Morgan fingerprint density at radius 1 is 1.39 bits per heavy atom. The standard InChI is InChI=1S/C12H13Cl2N3O/c1-18-12(3-2-4-12)6-9-15-8-5-7(13)10(14)17-11(8)16-9/h5H,2-4,6H2,1H3,(H,15,16,17). The summed E-state index contributed by atoms with van der Waals surface area (Å²) in [6.45, 7) is 0. The van der Waals surface area contributed by atoms with E-state index in [-0.39, 0.29) is 10.8 Å². The van der Waals surface area contributed by atoms with E-state index in [9.17, 15) is 0 Å². The molecule has 6 heteroatoms. The fraction of sp³-hybridized carbons (Fsp3) is 0.500. The second-order valence-electron chi connectivity index (χ2n) is 4.73. The maximum atomic E-state index is 5.93. The number of methoxy groups -OCH3 is 1. The summed E-state index contributed by atoms with van der Waals surface area (Å²) in [6, 6.07) is 1.75. The van der Waals surface area contributed by atoms with Gasteiger partial charge < -0.3 is 9.72 Å². The summed E-state index contributed by atoms with van der Waals surface area (Å²) in [5, 5.41) is 0.719.